The minimum atomic E-state index is -4.37. The summed E-state index contributed by atoms with van der Waals surface area (Å²) in [6.07, 6.45) is -4.18. The van der Waals surface area contributed by atoms with Crippen molar-refractivity contribution in [3.05, 3.63) is 71.4 Å². The Labute approximate surface area is 184 Å². The Morgan fingerprint density at radius 3 is 2.56 bits per heavy atom. The van der Waals surface area contributed by atoms with E-state index in [0.717, 1.165) is 49.7 Å². The molecule has 1 fully saturated rings. The van der Waals surface area contributed by atoms with Crippen LogP contribution < -0.4 is 9.64 Å². The van der Waals surface area contributed by atoms with Crippen LogP contribution in [0.2, 0.25) is 0 Å². The third kappa shape index (κ3) is 5.40. The molecular formula is C23H25F3N4O2. The van der Waals surface area contributed by atoms with Crippen molar-refractivity contribution in [2.24, 2.45) is 0 Å². The molecule has 0 radical (unpaired) electrons. The van der Waals surface area contributed by atoms with E-state index in [1.807, 2.05) is 25.1 Å². The lowest BCUT2D eigenvalue weighted by Crippen LogP contribution is -2.46. The van der Waals surface area contributed by atoms with Gasteiger partial charge in [0, 0.05) is 32.6 Å². The Bertz CT molecular complexity index is 1030. The van der Waals surface area contributed by atoms with Gasteiger partial charge in [0.1, 0.15) is 5.75 Å². The van der Waals surface area contributed by atoms with Crippen molar-refractivity contribution in [2.45, 2.75) is 26.1 Å². The number of halogens is 3. The topological polar surface area (TPSA) is 54.6 Å². The van der Waals surface area contributed by atoms with Gasteiger partial charge in [0.05, 0.1) is 24.4 Å². The van der Waals surface area contributed by atoms with Crippen molar-refractivity contribution in [1.82, 2.24) is 15.0 Å². The molecule has 0 N–H and O–H groups in total. The predicted molar refractivity (Wildman–Crippen MR) is 114 cm³/mol. The zero-order valence-electron chi connectivity index (χ0n) is 17.8. The summed E-state index contributed by atoms with van der Waals surface area (Å²) in [6, 6.07) is 13.2. The number of piperazine rings is 1. The van der Waals surface area contributed by atoms with Crippen LogP contribution >= 0.6 is 0 Å². The molecule has 3 aromatic rings. The number of benzene rings is 2. The summed E-state index contributed by atoms with van der Waals surface area (Å²) in [6.45, 7) is 6.44. The van der Waals surface area contributed by atoms with Gasteiger partial charge in [-0.1, -0.05) is 35.5 Å². The van der Waals surface area contributed by atoms with Crippen molar-refractivity contribution in [3.63, 3.8) is 0 Å². The smallest absolute Gasteiger partial charge is 0.416 e. The second-order valence-corrected chi connectivity index (χ2v) is 7.64. The van der Waals surface area contributed by atoms with E-state index in [1.54, 1.807) is 6.07 Å². The number of nitrogens with zero attached hydrogens (tertiary/aromatic N) is 4. The van der Waals surface area contributed by atoms with E-state index < -0.39 is 11.7 Å². The molecule has 9 heteroatoms. The minimum absolute atomic E-state index is 0.190. The number of hydrogen-bond donors (Lipinski definition) is 0. The first-order valence-electron chi connectivity index (χ1n) is 10.6. The molecule has 0 atom stereocenters. The number of ether oxygens (including phenoxy) is 1. The highest BCUT2D eigenvalue weighted by Crippen LogP contribution is 2.30. The van der Waals surface area contributed by atoms with Gasteiger partial charge in [0.25, 0.3) is 0 Å². The van der Waals surface area contributed by atoms with E-state index in [-0.39, 0.29) is 6.42 Å². The summed E-state index contributed by atoms with van der Waals surface area (Å²) in [4.78, 5) is 8.90. The third-order valence-electron chi connectivity index (χ3n) is 5.36. The molecule has 6 nitrogen and oxygen atoms in total. The molecule has 170 valence electrons. The van der Waals surface area contributed by atoms with E-state index in [9.17, 15) is 13.2 Å². The van der Waals surface area contributed by atoms with Crippen LogP contribution in [-0.2, 0) is 19.1 Å². The fraction of sp³-hybridized carbons (Fsp3) is 0.391. The molecule has 1 aliphatic heterocycles. The maximum absolute atomic E-state index is 12.9. The number of aromatic nitrogens is 2. The standard InChI is InChI=1S/C23H25F3N4O2/c1-2-31-20-9-4-3-8-19(20)30-12-10-29(11-13-30)16-22-27-21(28-32-22)15-17-6-5-7-18(14-17)23(24,25)26/h3-9,14H,2,10-13,15-16H2,1H3. The third-order valence-corrected chi connectivity index (χ3v) is 5.36. The van der Waals surface area contributed by atoms with Crippen LogP contribution in [0.25, 0.3) is 0 Å². The zero-order valence-corrected chi connectivity index (χ0v) is 17.8. The normalized spacial score (nSPS) is 15.2. The molecule has 4 rings (SSSR count). The second-order valence-electron chi connectivity index (χ2n) is 7.64. The van der Waals surface area contributed by atoms with E-state index >= 15 is 0 Å². The first-order chi connectivity index (χ1) is 15.4. The number of hydrogen-bond acceptors (Lipinski definition) is 6. The van der Waals surface area contributed by atoms with Crippen LogP contribution in [0.15, 0.2) is 53.1 Å². The van der Waals surface area contributed by atoms with E-state index in [4.69, 9.17) is 9.26 Å². The predicted octanol–water partition coefficient (Wildman–Crippen LogP) is 4.40. The first kappa shape index (κ1) is 22.1. The van der Waals surface area contributed by atoms with Crippen molar-refractivity contribution in [1.29, 1.82) is 0 Å². The van der Waals surface area contributed by atoms with Crippen LogP contribution in [-0.4, -0.2) is 47.8 Å². The Hall–Kier alpha value is -3.07. The van der Waals surface area contributed by atoms with Crippen LogP contribution in [0.5, 0.6) is 5.75 Å². The molecule has 0 amide bonds. The summed E-state index contributed by atoms with van der Waals surface area (Å²) in [7, 11) is 0. The highest BCUT2D eigenvalue weighted by atomic mass is 19.4. The van der Waals surface area contributed by atoms with Gasteiger partial charge >= 0.3 is 6.18 Å². The molecule has 0 saturated carbocycles. The highest BCUT2D eigenvalue weighted by molar-refractivity contribution is 5.58. The van der Waals surface area contributed by atoms with E-state index in [2.05, 4.69) is 26.0 Å². The second kappa shape index (κ2) is 9.60. The Balaban J connectivity index is 1.32. The Morgan fingerprint density at radius 1 is 1.03 bits per heavy atom. The monoisotopic (exact) mass is 446 g/mol. The Kier molecular flexibility index (Phi) is 6.64. The van der Waals surface area contributed by atoms with Crippen molar-refractivity contribution >= 4 is 5.69 Å². The molecular weight excluding hydrogens is 421 g/mol. The first-order valence-corrected chi connectivity index (χ1v) is 10.6. The summed E-state index contributed by atoms with van der Waals surface area (Å²) in [5, 5.41) is 3.94. The summed E-state index contributed by atoms with van der Waals surface area (Å²) in [5.41, 5.74) is 0.909. The lowest BCUT2D eigenvalue weighted by atomic mass is 10.1. The average Bonchev–Trinajstić information content (AvgIpc) is 3.21. The number of para-hydroxylation sites is 2. The number of anilines is 1. The summed E-state index contributed by atoms with van der Waals surface area (Å²) >= 11 is 0. The quantitative estimate of drug-likeness (QED) is 0.536. The summed E-state index contributed by atoms with van der Waals surface area (Å²) in [5.74, 6) is 1.73. The van der Waals surface area contributed by atoms with Crippen LogP contribution in [0.1, 0.15) is 29.8 Å². The van der Waals surface area contributed by atoms with Gasteiger partial charge in [-0.15, -0.1) is 0 Å². The SMILES string of the molecule is CCOc1ccccc1N1CCN(Cc2nc(Cc3cccc(C(F)(F)F)c3)no2)CC1. The summed E-state index contributed by atoms with van der Waals surface area (Å²) < 4.78 is 49.8. The van der Waals surface area contributed by atoms with Gasteiger partial charge in [-0.2, -0.15) is 18.2 Å². The molecule has 32 heavy (non-hydrogen) atoms. The van der Waals surface area contributed by atoms with Gasteiger partial charge in [-0.05, 0) is 30.7 Å². The zero-order chi connectivity index (χ0) is 22.6. The van der Waals surface area contributed by atoms with E-state index in [0.29, 0.717) is 30.4 Å². The maximum Gasteiger partial charge on any atom is 0.416 e. The van der Waals surface area contributed by atoms with Crippen LogP contribution in [0.4, 0.5) is 18.9 Å². The lowest BCUT2D eigenvalue weighted by molar-refractivity contribution is -0.137. The molecule has 0 aliphatic carbocycles. The minimum Gasteiger partial charge on any atom is -0.492 e. The van der Waals surface area contributed by atoms with Crippen LogP contribution in [0, 0.1) is 0 Å². The van der Waals surface area contributed by atoms with Crippen LogP contribution in [0.3, 0.4) is 0 Å². The lowest BCUT2D eigenvalue weighted by Gasteiger charge is -2.36. The number of alkyl halides is 3. The van der Waals surface area contributed by atoms with Crippen molar-refractivity contribution < 1.29 is 22.4 Å². The van der Waals surface area contributed by atoms with E-state index in [1.165, 1.54) is 6.07 Å². The molecule has 0 unspecified atom stereocenters. The van der Waals surface area contributed by atoms with Crippen molar-refractivity contribution in [2.75, 3.05) is 37.7 Å². The Morgan fingerprint density at radius 2 is 1.81 bits per heavy atom. The fourth-order valence-corrected chi connectivity index (χ4v) is 3.80. The van der Waals surface area contributed by atoms with Crippen molar-refractivity contribution in [3.8, 4) is 5.75 Å². The van der Waals surface area contributed by atoms with Gasteiger partial charge in [0.2, 0.25) is 5.89 Å². The molecule has 1 saturated heterocycles. The van der Waals surface area contributed by atoms with Gasteiger partial charge in [0.15, 0.2) is 5.82 Å². The molecule has 0 spiro atoms. The molecule has 1 aromatic heterocycles. The average molecular weight is 446 g/mol. The molecule has 0 bridgehead atoms. The van der Waals surface area contributed by atoms with Gasteiger partial charge in [-0.3, -0.25) is 4.90 Å². The highest BCUT2D eigenvalue weighted by Gasteiger charge is 2.30. The maximum atomic E-state index is 12.9. The fourth-order valence-electron chi connectivity index (χ4n) is 3.80. The van der Waals surface area contributed by atoms with Gasteiger partial charge < -0.3 is 14.2 Å². The number of rotatable bonds is 7. The molecule has 2 aromatic carbocycles. The molecule has 2 heterocycles. The van der Waals surface area contributed by atoms with Gasteiger partial charge in [-0.25, -0.2) is 0 Å². The molecule has 1 aliphatic rings. The largest absolute Gasteiger partial charge is 0.492 e.